The fraction of sp³-hybridized carbons (Fsp3) is 0.406. The molecule has 2 fully saturated rings. The van der Waals surface area contributed by atoms with Crippen molar-refractivity contribution in [2.75, 3.05) is 25.1 Å². The van der Waals surface area contributed by atoms with Gasteiger partial charge in [-0.2, -0.15) is 0 Å². The fourth-order valence-corrected chi connectivity index (χ4v) is 5.34. The number of halogens is 1. The first kappa shape index (κ1) is 28.0. The molecular weight excluding hydrogens is 526 g/mol. The molecule has 1 saturated carbocycles. The number of benzene rings is 2. The second-order valence-electron chi connectivity index (χ2n) is 11.6. The number of allylic oxidation sites excluding steroid dienone is 1. The van der Waals surface area contributed by atoms with Crippen molar-refractivity contribution in [1.82, 2.24) is 9.88 Å². The number of aromatic hydroxyl groups is 2. The molecule has 0 bridgehead atoms. The number of ether oxygens (including phenoxy) is 2. The Labute approximate surface area is 241 Å². The van der Waals surface area contributed by atoms with Crippen molar-refractivity contribution in [3.63, 3.8) is 0 Å². The van der Waals surface area contributed by atoms with E-state index in [9.17, 15) is 10.2 Å². The van der Waals surface area contributed by atoms with E-state index in [2.05, 4.69) is 53.8 Å². The van der Waals surface area contributed by atoms with Gasteiger partial charge in [-0.25, -0.2) is 0 Å². The second kappa shape index (κ2) is 11.5. The number of phenols is 2. The van der Waals surface area contributed by atoms with E-state index in [0.717, 1.165) is 61.5 Å². The van der Waals surface area contributed by atoms with E-state index >= 15 is 0 Å². The molecule has 5 rings (SSSR count). The Morgan fingerprint density at radius 2 is 1.73 bits per heavy atom. The Kier molecular flexibility index (Phi) is 8.04. The number of anilines is 1. The van der Waals surface area contributed by atoms with Gasteiger partial charge in [-0.05, 0) is 106 Å². The molecule has 40 heavy (non-hydrogen) atoms. The molecule has 0 spiro atoms. The topological polar surface area (TPSA) is 78.3 Å². The third kappa shape index (κ3) is 6.58. The zero-order chi connectivity index (χ0) is 28.4. The Bertz CT molecular complexity index is 1370. The molecule has 0 unspecified atom stereocenters. The van der Waals surface area contributed by atoms with Gasteiger partial charge in [0.25, 0.3) is 0 Å². The van der Waals surface area contributed by atoms with E-state index < -0.39 is 0 Å². The van der Waals surface area contributed by atoms with Crippen LogP contribution in [0.5, 0.6) is 17.2 Å². The molecule has 8 heteroatoms. The number of likely N-dealkylation sites (tertiary alicyclic amines) is 1. The SMILES string of the molecule is COc1cc(-c2cncc(CN(c3ccc(Cl)cc3)C3CCN(C(OC(C)(C)C)=C4CC4)CC3)c2)cc(O)c1O. The molecule has 2 aliphatic rings. The van der Waals surface area contributed by atoms with Crippen molar-refractivity contribution >= 4 is 17.3 Å². The van der Waals surface area contributed by atoms with Crippen LogP contribution in [0.15, 0.2) is 66.3 Å². The van der Waals surface area contributed by atoms with Gasteiger partial charge in [-0.3, -0.25) is 4.98 Å². The molecule has 1 aliphatic heterocycles. The van der Waals surface area contributed by atoms with Crippen LogP contribution < -0.4 is 9.64 Å². The van der Waals surface area contributed by atoms with Crippen molar-refractivity contribution < 1.29 is 19.7 Å². The van der Waals surface area contributed by atoms with Crippen LogP contribution in [0.4, 0.5) is 5.69 Å². The molecule has 7 nitrogen and oxygen atoms in total. The van der Waals surface area contributed by atoms with Crippen LogP contribution in [-0.4, -0.2) is 51.9 Å². The second-order valence-corrected chi connectivity index (χ2v) is 12.0. The van der Waals surface area contributed by atoms with Crippen molar-refractivity contribution in [2.24, 2.45) is 0 Å². The van der Waals surface area contributed by atoms with Gasteiger partial charge < -0.3 is 29.5 Å². The van der Waals surface area contributed by atoms with Crippen LogP contribution in [0, 0.1) is 0 Å². The lowest BCUT2D eigenvalue weighted by Crippen LogP contribution is -2.45. The minimum absolute atomic E-state index is 0.214. The lowest BCUT2D eigenvalue weighted by atomic mass is 10.00. The highest BCUT2D eigenvalue weighted by Crippen LogP contribution is 2.40. The molecule has 0 atom stereocenters. The van der Waals surface area contributed by atoms with Gasteiger partial charge in [-0.15, -0.1) is 0 Å². The van der Waals surface area contributed by atoms with Crippen LogP contribution in [0.2, 0.25) is 5.02 Å². The summed E-state index contributed by atoms with van der Waals surface area (Å²) in [6.07, 6.45) is 7.91. The lowest BCUT2D eigenvalue weighted by Gasteiger charge is -2.42. The van der Waals surface area contributed by atoms with Crippen molar-refractivity contribution in [3.8, 4) is 28.4 Å². The highest BCUT2D eigenvalue weighted by Gasteiger charge is 2.32. The van der Waals surface area contributed by atoms with Crippen LogP contribution in [-0.2, 0) is 11.3 Å². The van der Waals surface area contributed by atoms with Gasteiger partial charge in [0, 0.05) is 54.3 Å². The standard InChI is InChI=1S/C32H38ClN3O4/c1-32(2,3)40-31(22-5-6-22)35-13-11-27(12-14-35)36(26-9-7-25(33)8-10-26)20-21-15-24(19-34-18-21)23-16-28(37)30(38)29(17-23)39-4/h7-10,15-19,27,37-38H,5-6,11-14,20H2,1-4H3. The molecule has 2 heterocycles. The summed E-state index contributed by atoms with van der Waals surface area (Å²) in [5.41, 5.74) is 4.92. The van der Waals surface area contributed by atoms with Crippen molar-refractivity contribution in [1.29, 1.82) is 0 Å². The zero-order valence-electron chi connectivity index (χ0n) is 23.7. The maximum Gasteiger partial charge on any atom is 0.200 e. The molecule has 212 valence electrons. The summed E-state index contributed by atoms with van der Waals surface area (Å²) in [7, 11) is 1.46. The molecule has 1 saturated heterocycles. The van der Waals surface area contributed by atoms with E-state index in [0.29, 0.717) is 23.2 Å². The van der Waals surface area contributed by atoms with Crippen LogP contribution in [0.25, 0.3) is 11.1 Å². The van der Waals surface area contributed by atoms with Crippen LogP contribution in [0.3, 0.4) is 0 Å². The van der Waals surface area contributed by atoms with Crippen molar-refractivity contribution in [2.45, 2.75) is 64.6 Å². The Hall–Kier alpha value is -3.58. The van der Waals surface area contributed by atoms with Crippen LogP contribution >= 0.6 is 11.6 Å². The minimum atomic E-state index is -0.274. The minimum Gasteiger partial charge on any atom is -0.504 e. The first-order chi connectivity index (χ1) is 19.1. The highest BCUT2D eigenvalue weighted by molar-refractivity contribution is 6.30. The van der Waals surface area contributed by atoms with Crippen LogP contribution in [0.1, 0.15) is 52.0 Å². The molecule has 3 aromatic rings. The third-order valence-corrected chi connectivity index (χ3v) is 7.56. The number of piperidine rings is 1. The summed E-state index contributed by atoms with van der Waals surface area (Å²) >= 11 is 6.24. The fourth-order valence-electron chi connectivity index (χ4n) is 5.22. The Morgan fingerprint density at radius 3 is 2.35 bits per heavy atom. The summed E-state index contributed by atoms with van der Waals surface area (Å²) < 4.78 is 11.6. The number of pyridine rings is 1. The number of phenolic OH excluding ortho intramolecular Hbond substituents is 2. The smallest absolute Gasteiger partial charge is 0.200 e. The van der Waals surface area contributed by atoms with E-state index in [1.165, 1.54) is 18.7 Å². The summed E-state index contributed by atoms with van der Waals surface area (Å²) in [5.74, 6) is 0.800. The summed E-state index contributed by atoms with van der Waals surface area (Å²) in [4.78, 5) is 9.38. The first-order valence-corrected chi connectivity index (χ1v) is 14.2. The normalized spacial score (nSPS) is 15.6. The average Bonchev–Trinajstić information content (AvgIpc) is 3.78. The van der Waals surface area contributed by atoms with E-state index in [1.54, 1.807) is 12.3 Å². The van der Waals surface area contributed by atoms with Gasteiger partial charge in [0.05, 0.1) is 7.11 Å². The maximum atomic E-state index is 10.2. The average molecular weight is 564 g/mol. The summed E-state index contributed by atoms with van der Waals surface area (Å²) in [6.45, 7) is 8.89. The van der Waals surface area contributed by atoms with Crippen molar-refractivity contribution in [3.05, 3.63) is 76.9 Å². The van der Waals surface area contributed by atoms with Gasteiger partial charge in [0.1, 0.15) is 5.60 Å². The van der Waals surface area contributed by atoms with Gasteiger partial charge in [0.2, 0.25) is 5.75 Å². The number of hydrogen-bond acceptors (Lipinski definition) is 7. The largest absolute Gasteiger partial charge is 0.504 e. The molecular formula is C32H38ClN3O4. The van der Waals surface area contributed by atoms with E-state index in [4.69, 9.17) is 21.1 Å². The predicted octanol–water partition coefficient (Wildman–Crippen LogP) is 7.11. The highest BCUT2D eigenvalue weighted by atomic mass is 35.5. The van der Waals surface area contributed by atoms with E-state index in [1.807, 2.05) is 18.3 Å². The number of aromatic nitrogens is 1. The van der Waals surface area contributed by atoms with Gasteiger partial charge in [-0.1, -0.05) is 11.6 Å². The van der Waals surface area contributed by atoms with Gasteiger partial charge in [0.15, 0.2) is 17.4 Å². The third-order valence-electron chi connectivity index (χ3n) is 7.31. The molecule has 2 aromatic carbocycles. The molecule has 0 amide bonds. The molecule has 0 radical (unpaired) electrons. The molecule has 2 N–H and O–H groups in total. The zero-order valence-corrected chi connectivity index (χ0v) is 24.4. The molecule has 1 aliphatic carbocycles. The maximum absolute atomic E-state index is 10.2. The van der Waals surface area contributed by atoms with E-state index in [-0.39, 0.29) is 22.8 Å². The number of hydrogen-bond donors (Lipinski definition) is 2. The summed E-state index contributed by atoms with van der Waals surface area (Å²) in [5, 5.41) is 21.0. The number of methoxy groups -OCH3 is 1. The van der Waals surface area contributed by atoms with Gasteiger partial charge >= 0.3 is 0 Å². The quantitative estimate of drug-likeness (QED) is 0.223. The molecule has 1 aromatic heterocycles. The lowest BCUT2D eigenvalue weighted by molar-refractivity contribution is -0.00541. The number of rotatable bonds is 8. The monoisotopic (exact) mass is 563 g/mol. The predicted molar refractivity (Wildman–Crippen MR) is 159 cm³/mol. The summed E-state index contributed by atoms with van der Waals surface area (Å²) in [6, 6.07) is 13.7. The first-order valence-electron chi connectivity index (χ1n) is 13.8. The number of nitrogens with zero attached hydrogens (tertiary/aromatic N) is 3. The Balaban J connectivity index is 1.38. The Morgan fingerprint density at radius 1 is 1.02 bits per heavy atom.